The summed E-state index contributed by atoms with van der Waals surface area (Å²) in [6, 6.07) is 7.27. The number of carbonyl (C=O) groups is 1. The highest BCUT2D eigenvalue weighted by atomic mass is 16.5. The van der Waals surface area contributed by atoms with Crippen LogP contribution < -0.4 is 9.47 Å². The van der Waals surface area contributed by atoms with Crippen molar-refractivity contribution < 1.29 is 28.5 Å². The van der Waals surface area contributed by atoms with Gasteiger partial charge in [-0.15, -0.1) is 0 Å². The molecule has 28 heavy (non-hydrogen) atoms. The van der Waals surface area contributed by atoms with Gasteiger partial charge in [0.2, 0.25) is 11.5 Å². The molecule has 7 nitrogen and oxygen atoms in total. The number of ketones is 1. The third-order valence-electron chi connectivity index (χ3n) is 5.81. The van der Waals surface area contributed by atoms with Crippen molar-refractivity contribution in [3.05, 3.63) is 36.3 Å². The maximum atomic E-state index is 13.1. The minimum absolute atomic E-state index is 0.00498. The molecular weight excluding hydrogens is 362 g/mol. The molecule has 3 aliphatic rings. The first-order valence-electron chi connectivity index (χ1n) is 9.75. The van der Waals surface area contributed by atoms with E-state index in [1.165, 1.54) is 6.26 Å². The van der Waals surface area contributed by atoms with Crippen molar-refractivity contribution in [2.45, 2.75) is 25.0 Å². The predicted octanol–water partition coefficient (Wildman–Crippen LogP) is 2.21. The molecule has 1 aliphatic carbocycles. The van der Waals surface area contributed by atoms with Crippen molar-refractivity contribution in [2.75, 3.05) is 40.6 Å². The van der Waals surface area contributed by atoms with Gasteiger partial charge in [0.05, 0.1) is 32.5 Å². The molecule has 1 saturated heterocycles. The van der Waals surface area contributed by atoms with Crippen LogP contribution in [0.2, 0.25) is 0 Å². The number of rotatable bonds is 6. The summed E-state index contributed by atoms with van der Waals surface area (Å²) in [6.07, 6.45) is 3.03. The smallest absolute Gasteiger partial charge is 0.208 e. The standard InChI is InChI=1S/C21H27NO6/c1-24-10-9-22-11-15-16(27-13-22)8-7-14-20(23)19(12-26-21(14)15)28-18-6-4-3-5-17(18)25-2/h3-6,12,14-16,21H,7-11,13H2,1-2H3. The number of hydrogen-bond acceptors (Lipinski definition) is 7. The van der Waals surface area contributed by atoms with Crippen molar-refractivity contribution in [1.29, 1.82) is 0 Å². The predicted molar refractivity (Wildman–Crippen MR) is 101 cm³/mol. The Bertz CT molecular complexity index is 735. The van der Waals surface area contributed by atoms with E-state index in [2.05, 4.69) is 4.90 Å². The summed E-state index contributed by atoms with van der Waals surface area (Å²) >= 11 is 0. The molecule has 2 fully saturated rings. The van der Waals surface area contributed by atoms with Crippen LogP contribution in [0.1, 0.15) is 12.8 Å². The summed E-state index contributed by atoms with van der Waals surface area (Å²) in [6.45, 7) is 2.92. The molecule has 4 rings (SSSR count). The normalized spacial score (nSPS) is 29.9. The van der Waals surface area contributed by atoms with E-state index >= 15 is 0 Å². The van der Waals surface area contributed by atoms with E-state index in [0.29, 0.717) is 24.8 Å². The number of benzene rings is 1. The highest BCUT2D eigenvalue weighted by molar-refractivity contribution is 5.96. The van der Waals surface area contributed by atoms with Gasteiger partial charge in [-0.3, -0.25) is 9.69 Å². The summed E-state index contributed by atoms with van der Waals surface area (Å²) in [5, 5.41) is 0. The number of nitrogens with zero attached hydrogens (tertiary/aromatic N) is 1. The van der Waals surface area contributed by atoms with Gasteiger partial charge in [-0.05, 0) is 25.0 Å². The minimum Gasteiger partial charge on any atom is -0.493 e. The van der Waals surface area contributed by atoms with Gasteiger partial charge in [-0.2, -0.15) is 0 Å². The molecular formula is C21H27NO6. The van der Waals surface area contributed by atoms with E-state index in [-0.39, 0.29) is 35.6 Å². The number of Topliss-reactive ketones (excluding diaryl/α,β-unsaturated/α-hetero) is 1. The molecule has 0 spiro atoms. The van der Waals surface area contributed by atoms with Gasteiger partial charge in [0.1, 0.15) is 12.4 Å². The van der Waals surface area contributed by atoms with Gasteiger partial charge < -0.3 is 23.7 Å². The average molecular weight is 389 g/mol. The lowest BCUT2D eigenvalue weighted by molar-refractivity contribution is -0.174. The average Bonchev–Trinajstić information content (AvgIpc) is 2.74. The highest BCUT2D eigenvalue weighted by Gasteiger charge is 2.49. The Balaban J connectivity index is 1.48. The van der Waals surface area contributed by atoms with Crippen molar-refractivity contribution in [3.63, 3.8) is 0 Å². The minimum atomic E-state index is -0.207. The third-order valence-corrected chi connectivity index (χ3v) is 5.81. The van der Waals surface area contributed by atoms with E-state index in [4.69, 9.17) is 23.7 Å². The van der Waals surface area contributed by atoms with Crippen LogP contribution in [-0.2, 0) is 19.0 Å². The van der Waals surface area contributed by atoms with Crippen LogP contribution >= 0.6 is 0 Å². The van der Waals surface area contributed by atoms with E-state index < -0.39 is 0 Å². The molecule has 152 valence electrons. The molecule has 1 saturated carbocycles. The van der Waals surface area contributed by atoms with Crippen molar-refractivity contribution in [1.82, 2.24) is 4.90 Å². The number of para-hydroxylation sites is 2. The van der Waals surface area contributed by atoms with Gasteiger partial charge >= 0.3 is 0 Å². The van der Waals surface area contributed by atoms with Crippen LogP contribution in [0, 0.1) is 11.8 Å². The van der Waals surface area contributed by atoms with Crippen LogP contribution in [0.15, 0.2) is 36.3 Å². The van der Waals surface area contributed by atoms with Crippen LogP contribution in [0.4, 0.5) is 0 Å². The first kappa shape index (κ1) is 19.2. The van der Waals surface area contributed by atoms with Gasteiger partial charge in [-0.1, -0.05) is 12.1 Å². The molecule has 0 bridgehead atoms. The lowest BCUT2D eigenvalue weighted by atomic mass is 9.73. The quantitative estimate of drug-likeness (QED) is 0.739. The highest BCUT2D eigenvalue weighted by Crippen LogP contribution is 2.41. The molecule has 0 N–H and O–H groups in total. The lowest BCUT2D eigenvalue weighted by Gasteiger charge is -2.48. The topological polar surface area (TPSA) is 66.5 Å². The molecule has 2 aliphatic heterocycles. The fourth-order valence-corrected chi connectivity index (χ4v) is 4.34. The Hall–Kier alpha value is -2.09. The van der Waals surface area contributed by atoms with Gasteiger partial charge in [0.25, 0.3) is 0 Å². The second-order valence-electron chi connectivity index (χ2n) is 7.45. The first-order valence-corrected chi connectivity index (χ1v) is 9.75. The second kappa shape index (κ2) is 8.51. The Kier molecular flexibility index (Phi) is 5.85. The molecule has 1 aromatic rings. The van der Waals surface area contributed by atoms with Crippen LogP contribution in [0.25, 0.3) is 0 Å². The number of carbonyl (C=O) groups excluding carboxylic acids is 1. The maximum Gasteiger partial charge on any atom is 0.208 e. The Morgan fingerprint density at radius 1 is 1.18 bits per heavy atom. The molecule has 1 aromatic carbocycles. The SMILES string of the molecule is COCCN1COC2CCC3C(=O)C(Oc4ccccc4OC)=COC3C2C1. The number of methoxy groups -OCH3 is 2. The molecule has 0 radical (unpaired) electrons. The Morgan fingerprint density at radius 3 is 2.79 bits per heavy atom. The molecule has 4 atom stereocenters. The summed E-state index contributed by atoms with van der Waals surface area (Å²) < 4.78 is 28.4. The fourth-order valence-electron chi connectivity index (χ4n) is 4.34. The monoisotopic (exact) mass is 389 g/mol. The molecule has 2 heterocycles. The molecule has 4 unspecified atom stereocenters. The van der Waals surface area contributed by atoms with Crippen LogP contribution in [0.3, 0.4) is 0 Å². The zero-order valence-electron chi connectivity index (χ0n) is 16.3. The van der Waals surface area contributed by atoms with Crippen LogP contribution in [0.5, 0.6) is 11.5 Å². The number of hydrogen-bond donors (Lipinski definition) is 0. The second-order valence-corrected chi connectivity index (χ2v) is 7.45. The lowest BCUT2D eigenvalue weighted by Crippen LogP contribution is -2.57. The van der Waals surface area contributed by atoms with Crippen molar-refractivity contribution in [3.8, 4) is 11.5 Å². The van der Waals surface area contributed by atoms with E-state index in [0.717, 1.165) is 25.9 Å². The molecule has 0 aromatic heterocycles. The van der Waals surface area contributed by atoms with Crippen molar-refractivity contribution >= 4 is 5.78 Å². The van der Waals surface area contributed by atoms with E-state index in [1.54, 1.807) is 26.4 Å². The summed E-state index contributed by atoms with van der Waals surface area (Å²) in [5.74, 6) is 1.27. The summed E-state index contributed by atoms with van der Waals surface area (Å²) in [4.78, 5) is 15.3. The third kappa shape index (κ3) is 3.74. The molecule has 0 amide bonds. The van der Waals surface area contributed by atoms with Gasteiger partial charge in [-0.25, -0.2) is 0 Å². The summed E-state index contributed by atoms with van der Waals surface area (Å²) in [7, 11) is 3.27. The number of allylic oxidation sites excluding steroid dienone is 1. The van der Waals surface area contributed by atoms with E-state index in [9.17, 15) is 4.79 Å². The zero-order chi connectivity index (χ0) is 19.5. The fraction of sp³-hybridized carbons (Fsp3) is 0.571. The van der Waals surface area contributed by atoms with E-state index in [1.807, 2.05) is 12.1 Å². The Morgan fingerprint density at radius 2 is 2.00 bits per heavy atom. The summed E-state index contributed by atoms with van der Waals surface area (Å²) in [5.41, 5.74) is 0. The zero-order valence-corrected chi connectivity index (χ0v) is 16.3. The van der Waals surface area contributed by atoms with Crippen molar-refractivity contribution in [2.24, 2.45) is 11.8 Å². The Labute approximate surface area is 165 Å². The number of ether oxygens (including phenoxy) is 5. The van der Waals surface area contributed by atoms with Gasteiger partial charge in [0.15, 0.2) is 11.5 Å². The first-order chi connectivity index (χ1) is 13.7. The molecule has 7 heteroatoms. The maximum absolute atomic E-state index is 13.1. The largest absolute Gasteiger partial charge is 0.493 e. The number of fused-ring (bicyclic) bond motifs is 3. The van der Waals surface area contributed by atoms with Crippen LogP contribution in [-0.4, -0.2) is 63.5 Å². The van der Waals surface area contributed by atoms with Gasteiger partial charge in [0, 0.05) is 26.1 Å².